The molecule has 1 saturated heterocycles. The van der Waals surface area contributed by atoms with Crippen molar-refractivity contribution in [3.05, 3.63) is 23.3 Å². The van der Waals surface area contributed by atoms with Gasteiger partial charge in [-0.05, 0) is 37.1 Å². The predicted molar refractivity (Wildman–Crippen MR) is 65.1 cm³/mol. The van der Waals surface area contributed by atoms with E-state index >= 15 is 0 Å². The molecule has 0 aromatic heterocycles. The van der Waals surface area contributed by atoms with Crippen LogP contribution < -0.4 is 9.47 Å². The molecule has 1 fully saturated rings. The Morgan fingerprint density at radius 3 is 2.50 bits per heavy atom. The van der Waals surface area contributed by atoms with Gasteiger partial charge in [-0.2, -0.15) is 0 Å². The van der Waals surface area contributed by atoms with Crippen molar-refractivity contribution < 1.29 is 19.0 Å². The topological polar surface area (TPSA) is 44.8 Å². The molecule has 3 rings (SSSR count). The van der Waals surface area contributed by atoms with Crippen molar-refractivity contribution >= 4 is 5.78 Å². The Balaban J connectivity index is 2.02. The van der Waals surface area contributed by atoms with E-state index in [1.54, 1.807) is 6.92 Å². The molecule has 0 amide bonds. The maximum atomic E-state index is 11.5. The van der Waals surface area contributed by atoms with Gasteiger partial charge >= 0.3 is 0 Å². The number of rotatable bonds is 3. The van der Waals surface area contributed by atoms with Crippen LogP contribution in [-0.4, -0.2) is 25.8 Å². The van der Waals surface area contributed by atoms with Gasteiger partial charge in [0.25, 0.3) is 0 Å². The maximum absolute atomic E-state index is 11.5. The molecule has 96 valence electrons. The number of Topliss-reactive ketones (excluding diaryl/α,β-unsaturated/α-hetero) is 1. The second-order valence-electron chi connectivity index (χ2n) is 5.17. The number of hydrogen-bond donors (Lipinski definition) is 0. The summed E-state index contributed by atoms with van der Waals surface area (Å²) in [6.45, 7) is 5.15. The average Bonchev–Trinajstić information content (AvgIpc) is 2.69. The number of hydrogen-bond acceptors (Lipinski definition) is 4. The Hall–Kier alpha value is -1.55. The highest BCUT2D eigenvalue weighted by Gasteiger charge is 2.43. The first-order valence-corrected chi connectivity index (χ1v) is 6.09. The van der Waals surface area contributed by atoms with Crippen LogP contribution in [0.1, 0.15) is 24.5 Å². The largest absolute Gasteiger partial charge is 0.454 e. The Labute approximate surface area is 106 Å². The zero-order valence-corrected chi connectivity index (χ0v) is 10.6. The lowest BCUT2D eigenvalue weighted by Gasteiger charge is -2.42. The number of ether oxygens (including phenoxy) is 3. The van der Waals surface area contributed by atoms with Gasteiger partial charge < -0.3 is 14.2 Å². The van der Waals surface area contributed by atoms with Gasteiger partial charge in [0.15, 0.2) is 11.5 Å². The van der Waals surface area contributed by atoms with Gasteiger partial charge in [0.1, 0.15) is 5.78 Å². The second kappa shape index (κ2) is 3.99. The minimum Gasteiger partial charge on any atom is -0.454 e. The summed E-state index contributed by atoms with van der Waals surface area (Å²) in [5, 5.41) is 0. The minimum atomic E-state index is -0.170. The molecule has 0 radical (unpaired) electrons. The third kappa shape index (κ3) is 1.68. The molecular formula is C14H16O4. The highest BCUT2D eigenvalue weighted by molar-refractivity contribution is 5.77. The summed E-state index contributed by atoms with van der Waals surface area (Å²) in [6, 6.07) is 3.99. The van der Waals surface area contributed by atoms with Gasteiger partial charge in [-0.3, -0.25) is 4.79 Å². The van der Waals surface area contributed by atoms with Crippen LogP contribution in [-0.2, 0) is 14.9 Å². The van der Waals surface area contributed by atoms with Crippen LogP contribution in [0.15, 0.2) is 12.1 Å². The molecule has 4 nitrogen and oxygen atoms in total. The van der Waals surface area contributed by atoms with E-state index in [9.17, 15) is 4.79 Å². The van der Waals surface area contributed by atoms with E-state index in [0.717, 1.165) is 22.6 Å². The fourth-order valence-corrected chi connectivity index (χ4v) is 2.79. The smallest absolute Gasteiger partial charge is 0.231 e. The highest BCUT2D eigenvalue weighted by Crippen LogP contribution is 2.43. The van der Waals surface area contributed by atoms with Gasteiger partial charge in [-0.25, -0.2) is 0 Å². The summed E-state index contributed by atoms with van der Waals surface area (Å²) < 4.78 is 16.1. The van der Waals surface area contributed by atoms with E-state index in [1.165, 1.54) is 0 Å². The van der Waals surface area contributed by atoms with E-state index in [2.05, 4.69) is 0 Å². The van der Waals surface area contributed by atoms with Crippen molar-refractivity contribution in [2.24, 2.45) is 0 Å². The van der Waals surface area contributed by atoms with Crippen LogP contribution in [0.5, 0.6) is 11.5 Å². The first-order valence-electron chi connectivity index (χ1n) is 6.09. The fourth-order valence-electron chi connectivity index (χ4n) is 2.79. The summed E-state index contributed by atoms with van der Waals surface area (Å²) in [5.41, 5.74) is 2.11. The van der Waals surface area contributed by atoms with Crippen LogP contribution in [0, 0.1) is 6.92 Å². The van der Waals surface area contributed by atoms with Gasteiger partial charge in [0, 0.05) is 11.8 Å². The van der Waals surface area contributed by atoms with Gasteiger partial charge in [0.2, 0.25) is 6.79 Å². The molecular weight excluding hydrogens is 232 g/mol. The van der Waals surface area contributed by atoms with Gasteiger partial charge in [0.05, 0.1) is 13.2 Å². The molecule has 4 heteroatoms. The number of aryl methyl sites for hydroxylation is 1. The first kappa shape index (κ1) is 11.5. The minimum absolute atomic E-state index is 0.170. The normalized spacial score (nSPS) is 19.4. The molecule has 0 N–H and O–H groups in total. The fraction of sp³-hybridized carbons (Fsp3) is 0.500. The van der Waals surface area contributed by atoms with Crippen LogP contribution in [0.2, 0.25) is 0 Å². The van der Waals surface area contributed by atoms with Crippen LogP contribution in [0.3, 0.4) is 0 Å². The number of benzene rings is 1. The molecule has 0 atom stereocenters. The van der Waals surface area contributed by atoms with Crippen molar-refractivity contribution in [1.29, 1.82) is 0 Å². The van der Waals surface area contributed by atoms with Crippen molar-refractivity contribution in [3.8, 4) is 11.5 Å². The lowest BCUT2D eigenvalue weighted by atomic mass is 9.73. The van der Waals surface area contributed by atoms with Crippen molar-refractivity contribution in [2.45, 2.75) is 25.7 Å². The Morgan fingerprint density at radius 2 is 1.94 bits per heavy atom. The average molecular weight is 248 g/mol. The van der Waals surface area contributed by atoms with E-state index in [-0.39, 0.29) is 18.0 Å². The first-order chi connectivity index (χ1) is 8.61. The molecule has 2 aliphatic heterocycles. The summed E-state index contributed by atoms with van der Waals surface area (Å²) >= 11 is 0. The molecule has 2 aliphatic rings. The van der Waals surface area contributed by atoms with Crippen LogP contribution in [0.25, 0.3) is 0 Å². The third-order valence-corrected chi connectivity index (χ3v) is 3.63. The monoisotopic (exact) mass is 248 g/mol. The Bertz CT molecular complexity index is 503. The molecule has 1 aromatic carbocycles. The van der Waals surface area contributed by atoms with Crippen LogP contribution >= 0.6 is 0 Å². The Morgan fingerprint density at radius 1 is 1.28 bits per heavy atom. The number of carbonyl (C=O) groups is 1. The van der Waals surface area contributed by atoms with Gasteiger partial charge in [-0.1, -0.05) is 0 Å². The van der Waals surface area contributed by atoms with E-state index < -0.39 is 0 Å². The quantitative estimate of drug-likeness (QED) is 0.820. The van der Waals surface area contributed by atoms with Crippen molar-refractivity contribution in [2.75, 3.05) is 20.0 Å². The van der Waals surface area contributed by atoms with Crippen molar-refractivity contribution in [1.82, 2.24) is 0 Å². The SMILES string of the molecule is CC(=O)CC1(c2cc3c(cc2C)OCO3)COC1. The molecule has 0 spiro atoms. The third-order valence-electron chi connectivity index (χ3n) is 3.63. The number of carbonyl (C=O) groups excluding carboxylic acids is 1. The van der Waals surface area contributed by atoms with Crippen LogP contribution in [0.4, 0.5) is 0 Å². The number of fused-ring (bicyclic) bond motifs is 1. The van der Waals surface area contributed by atoms with E-state index in [4.69, 9.17) is 14.2 Å². The lowest BCUT2D eigenvalue weighted by molar-refractivity contribution is -0.125. The molecule has 2 heterocycles. The molecule has 18 heavy (non-hydrogen) atoms. The molecule has 0 saturated carbocycles. The maximum Gasteiger partial charge on any atom is 0.231 e. The predicted octanol–water partition coefficient (Wildman–Crippen LogP) is 1.97. The molecule has 0 aliphatic carbocycles. The molecule has 1 aromatic rings. The van der Waals surface area contributed by atoms with Gasteiger partial charge in [-0.15, -0.1) is 0 Å². The summed E-state index contributed by atoms with van der Waals surface area (Å²) in [5.74, 6) is 1.75. The summed E-state index contributed by atoms with van der Waals surface area (Å²) in [4.78, 5) is 11.5. The zero-order valence-electron chi connectivity index (χ0n) is 10.6. The Kier molecular flexibility index (Phi) is 2.55. The highest BCUT2D eigenvalue weighted by atomic mass is 16.7. The molecule has 0 bridgehead atoms. The lowest BCUT2D eigenvalue weighted by Crippen LogP contribution is -2.48. The molecule has 0 unspecified atom stereocenters. The van der Waals surface area contributed by atoms with E-state index in [0.29, 0.717) is 19.6 Å². The second-order valence-corrected chi connectivity index (χ2v) is 5.17. The van der Waals surface area contributed by atoms with Crippen molar-refractivity contribution in [3.63, 3.8) is 0 Å². The summed E-state index contributed by atoms with van der Waals surface area (Å²) in [6.07, 6.45) is 0.521. The summed E-state index contributed by atoms with van der Waals surface area (Å²) in [7, 11) is 0. The van der Waals surface area contributed by atoms with E-state index in [1.807, 2.05) is 19.1 Å². The number of ketones is 1. The standard InChI is InChI=1S/C14H16O4/c1-9-3-12-13(18-8-17-12)4-11(9)14(5-10(2)15)6-16-7-14/h3-4H,5-8H2,1-2H3. The zero-order chi connectivity index (χ0) is 12.8.